The van der Waals surface area contributed by atoms with Crippen LogP contribution in [-0.4, -0.2) is 123 Å². The number of hydrogen-bond acceptors (Lipinski definition) is 14. The normalized spacial score (nSPS) is 7.89. The number of benzene rings is 3. The van der Waals surface area contributed by atoms with Gasteiger partial charge in [-0.05, 0) is 36.4 Å². The molecule has 0 heterocycles. The summed E-state index contributed by atoms with van der Waals surface area (Å²) in [4.78, 5) is 35.5. The zero-order valence-corrected chi connectivity index (χ0v) is 43.4. The molecule has 3 aromatic rings. The molecule has 3 aromatic carbocycles. The number of carbonyl (C=O) groups is 3. The van der Waals surface area contributed by atoms with E-state index in [1.807, 2.05) is 27.2 Å². The van der Waals surface area contributed by atoms with Gasteiger partial charge in [0.2, 0.25) is 0 Å². The number of esters is 2. The van der Waals surface area contributed by atoms with Crippen molar-refractivity contribution in [3.63, 3.8) is 0 Å². The van der Waals surface area contributed by atoms with Crippen molar-refractivity contribution in [2.75, 3.05) is 40.5 Å². The molecular formula is C34H36BaBrIN4Na2O11. The van der Waals surface area contributed by atoms with Gasteiger partial charge in [-0.2, -0.15) is 10.5 Å². The van der Waals surface area contributed by atoms with Gasteiger partial charge in [-0.1, -0.05) is 34.1 Å². The van der Waals surface area contributed by atoms with Crippen molar-refractivity contribution >= 4 is 82.7 Å². The van der Waals surface area contributed by atoms with Gasteiger partial charge in [0.1, 0.15) is 17.2 Å². The average molecular weight is 1070 g/mol. The van der Waals surface area contributed by atoms with Gasteiger partial charge in [-0.25, -0.2) is 14.4 Å². The summed E-state index contributed by atoms with van der Waals surface area (Å²) in [6.45, 7) is 4.75. The standard InChI is InChI=1S/C11H11NO3.C10H11BrO3.C10H9NO3.C2H3IN.CN.Ba.2Na.2H2O/c1-14-10-5-3-4-9(11(13)15-2)8(10)6-7-12;1-13-9-5-3-4-7(8(9)6-11)10(12)14-2;1-14-9-4-2-3-8(10(12)13)7(9)5-6-11;1-3-2-4;1-2;;;;;/h3-5H,6H2,1-2H3;3-5H,6H2,1-2H3;2-4H,5H2,1H3,(H,12,13);1H3;;;;;2*1H2/q;;;2*-1;+2;2*+1;;/p-2. The van der Waals surface area contributed by atoms with Crippen LogP contribution in [0.1, 0.15) is 47.8 Å². The van der Waals surface area contributed by atoms with Crippen LogP contribution >= 0.6 is 15.9 Å². The Labute approximate surface area is 418 Å². The summed E-state index contributed by atoms with van der Waals surface area (Å²) in [5.41, 5.74) is 2.81. The Hall–Kier alpha value is -1.87. The van der Waals surface area contributed by atoms with Crippen LogP contribution < -0.4 is 94.5 Å². The van der Waals surface area contributed by atoms with Gasteiger partial charge in [-0.15, -0.1) is 0 Å². The maximum Gasteiger partial charge on any atom is 2.00 e. The number of carboxylic acid groups (broad SMARTS) is 1. The van der Waals surface area contributed by atoms with Gasteiger partial charge in [-0.3, -0.25) is 0 Å². The number of methoxy groups -OCH3 is 5. The third-order valence-corrected chi connectivity index (χ3v) is 6.87. The molecule has 0 aliphatic heterocycles. The molecule has 0 saturated carbocycles. The van der Waals surface area contributed by atoms with Gasteiger partial charge in [0, 0.05) is 22.0 Å². The molecule has 0 unspecified atom stereocenters. The summed E-state index contributed by atoms with van der Waals surface area (Å²) >= 11 is 3.23. The quantitative estimate of drug-likeness (QED) is 0.0703. The van der Waals surface area contributed by atoms with Crippen LogP contribution in [0.25, 0.3) is 0 Å². The number of nitrogens with zero attached hydrogens (tertiary/aromatic N) is 4. The number of carbonyl (C=O) groups excluding carboxylic acids is 2. The SMILES string of the molecule is COC(=O)c1cccc(OC)c1CBr.COC(=O)c1cccc(OC)c1CC#N.COc1cccc(C(=O)O)c1CC#N.C[I-]C#N.[Ba+2].[C-]#N.[Na+].[Na+].[OH-].[OH-]. The van der Waals surface area contributed by atoms with E-state index >= 15 is 0 Å². The molecule has 20 heteroatoms. The number of alkyl halides is 2. The fourth-order valence-corrected chi connectivity index (χ4v) is 4.31. The maximum atomic E-state index is 11.4. The van der Waals surface area contributed by atoms with Gasteiger partial charge < -0.3 is 51.6 Å². The fraction of sp³-hybridized carbons (Fsp3) is 0.265. The molecule has 0 saturated heterocycles. The first-order chi connectivity index (χ1) is 23.6. The monoisotopic (exact) mass is 1070 g/mol. The third-order valence-electron chi connectivity index (χ3n) is 5.83. The summed E-state index contributed by atoms with van der Waals surface area (Å²) < 4.78 is 26.5. The zero-order chi connectivity index (χ0) is 37.8. The first-order valence-corrected chi connectivity index (χ1v) is 17.7. The van der Waals surface area contributed by atoms with Crippen molar-refractivity contribution in [1.82, 2.24) is 0 Å². The van der Waals surface area contributed by atoms with E-state index in [9.17, 15) is 14.4 Å². The van der Waals surface area contributed by atoms with Gasteiger partial charge >= 0.3 is 161 Å². The molecule has 0 radical (unpaired) electrons. The van der Waals surface area contributed by atoms with Crippen LogP contribution in [-0.2, 0) is 27.6 Å². The van der Waals surface area contributed by atoms with E-state index in [2.05, 4.69) is 25.4 Å². The van der Waals surface area contributed by atoms with Crippen molar-refractivity contribution < 1.29 is 134 Å². The molecule has 0 aliphatic rings. The van der Waals surface area contributed by atoms with Crippen LogP contribution in [0.5, 0.6) is 17.2 Å². The third kappa shape index (κ3) is 23.9. The first-order valence-electron chi connectivity index (χ1n) is 13.4. The van der Waals surface area contributed by atoms with Crippen molar-refractivity contribution in [2.24, 2.45) is 0 Å². The molecule has 0 amide bonds. The molecule has 0 atom stereocenters. The van der Waals surface area contributed by atoms with E-state index in [-0.39, 0.29) is 165 Å². The van der Waals surface area contributed by atoms with Gasteiger partial charge in [0.25, 0.3) is 0 Å². The predicted molar refractivity (Wildman–Crippen MR) is 186 cm³/mol. The minimum absolute atomic E-state index is 0. The Kier molecular flexibility index (Phi) is 52.4. The first kappa shape index (κ1) is 66.9. The molecule has 0 fully saturated rings. The van der Waals surface area contributed by atoms with E-state index < -0.39 is 11.9 Å². The Morgan fingerprint density at radius 3 is 1.24 bits per heavy atom. The fourth-order valence-electron chi connectivity index (χ4n) is 3.73. The van der Waals surface area contributed by atoms with Gasteiger partial charge in [0.15, 0.2) is 0 Å². The van der Waals surface area contributed by atoms with Crippen LogP contribution in [0.4, 0.5) is 0 Å². The van der Waals surface area contributed by atoms with Crippen LogP contribution in [0.2, 0.25) is 0 Å². The summed E-state index contributed by atoms with van der Waals surface area (Å²) in [6, 6.07) is 18.9. The topological polar surface area (TPSA) is 273 Å². The second-order valence-corrected chi connectivity index (χ2v) is 10.4. The largest absolute Gasteiger partial charge is 2.00 e. The molecule has 276 valence electrons. The summed E-state index contributed by atoms with van der Waals surface area (Å²) in [7, 11) is 7.18. The molecule has 3 N–H and O–H groups in total. The molecule has 15 nitrogen and oxygen atoms in total. The molecule has 0 aliphatic carbocycles. The maximum absolute atomic E-state index is 11.4. The van der Waals surface area contributed by atoms with Crippen molar-refractivity contribution in [3.8, 4) is 33.5 Å². The minimum atomic E-state index is -1.05. The number of aromatic carboxylic acids is 1. The molecule has 54 heavy (non-hydrogen) atoms. The number of ether oxygens (including phenoxy) is 5. The van der Waals surface area contributed by atoms with Crippen LogP contribution in [0.3, 0.4) is 0 Å². The van der Waals surface area contributed by atoms with E-state index in [0.29, 0.717) is 44.8 Å². The van der Waals surface area contributed by atoms with Crippen LogP contribution in [0.15, 0.2) is 54.6 Å². The number of hydrogen-bond donors (Lipinski definition) is 1. The van der Waals surface area contributed by atoms with Crippen LogP contribution in [0, 0.1) is 43.8 Å². The zero-order valence-electron chi connectivity index (χ0n) is 31.2. The van der Waals surface area contributed by atoms with Gasteiger partial charge in [0.05, 0.1) is 77.2 Å². The summed E-state index contributed by atoms with van der Waals surface area (Å²) in [5, 5.41) is 40.5. The smallest absolute Gasteiger partial charge is 0.870 e. The predicted octanol–water partition coefficient (Wildman–Crippen LogP) is -4.06. The molecule has 3 rings (SSSR count). The van der Waals surface area contributed by atoms with E-state index in [4.69, 9.17) is 46.9 Å². The Bertz CT molecular complexity index is 1680. The average Bonchev–Trinajstić information content (AvgIpc) is 3.15. The van der Waals surface area contributed by atoms with E-state index in [0.717, 1.165) is 5.56 Å². The van der Waals surface area contributed by atoms with Crippen molar-refractivity contribution in [1.29, 1.82) is 21.0 Å². The number of halogens is 2. The Morgan fingerprint density at radius 1 is 0.685 bits per heavy atom. The number of nitriles is 3. The number of rotatable bonds is 9. The molecule has 0 bridgehead atoms. The van der Waals surface area contributed by atoms with Crippen molar-refractivity contribution in [2.45, 2.75) is 18.2 Å². The van der Waals surface area contributed by atoms with E-state index in [1.54, 1.807) is 49.6 Å². The number of carboxylic acids is 1. The van der Waals surface area contributed by atoms with E-state index in [1.165, 1.54) is 34.5 Å². The Balaban J connectivity index is -0.000000109. The second-order valence-electron chi connectivity index (χ2n) is 8.32. The summed E-state index contributed by atoms with van der Waals surface area (Å²) in [6.07, 6.45) is 0.153. The summed E-state index contributed by atoms with van der Waals surface area (Å²) in [5.74, 6) is -0.206. The second kappa shape index (κ2) is 42.3. The molecule has 0 aromatic heterocycles. The van der Waals surface area contributed by atoms with Crippen molar-refractivity contribution in [3.05, 3.63) is 94.6 Å². The molecule has 0 spiro atoms. The Morgan fingerprint density at radius 2 is 0.981 bits per heavy atom. The minimum Gasteiger partial charge on any atom is -0.870 e. The molecular weight excluding hydrogens is 1030 g/mol.